The highest BCUT2D eigenvalue weighted by Gasteiger charge is 2.23. The van der Waals surface area contributed by atoms with Crippen molar-refractivity contribution >= 4 is 11.9 Å². The maximum atomic E-state index is 12.2. The number of hydrogen-bond acceptors (Lipinski definition) is 5. The van der Waals surface area contributed by atoms with E-state index >= 15 is 0 Å². The van der Waals surface area contributed by atoms with Gasteiger partial charge in [-0.15, -0.1) is 0 Å². The third-order valence-electron chi connectivity index (χ3n) is 2.59. The molecule has 1 heterocycles. The summed E-state index contributed by atoms with van der Waals surface area (Å²) in [4.78, 5) is 36.1. The molecule has 0 aliphatic rings. The van der Waals surface area contributed by atoms with Crippen molar-refractivity contribution in [1.82, 2.24) is 14.7 Å². The smallest absolute Gasteiger partial charge is 0.325 e. The Morgan fingerprint density at radius 2 is 2.05 bits per heavy atom. The standard InChI is InChI=1S/C12H17N3O4/c1-8(2)15(7-11(17)19-4)12(18)9-5-6-10(16)14(3)13-9/h5-6,8H,7H2,1-4H3. The van der Waals surface area contributed by atoms with Crippen LogP contribution in [0.4, 0.5) is 0 Å². The van der Waals surface area contributed by atoms with Gasteiger partial charge in [-0.3, -0.25) is 14.4 Å². The zero-order chi connectivity index (χ0) is 14.6. The minimum atomic E-state index is -0.508. The van der Waals surface area contributed by atoms with Gasteiger partial charge in [0, 0.05) is 19.2 Å². The van der Waals surface area contributed by atoms with Crippen LogP contribution in [0.25, 0.3) is 0 Å². The summed E-state index contributed by atoms with van der Waals surface area (Å²) in [5, 5.41) is 3.87. The second-order valence-electron chi connectivity index (χ2n) is 4.28. The topological polar surface area (TPSA) is 81.5 Å². The molecule has 0 aliphatic heterocycles. The summed E-state index contributed by atoms with van der Waals surface area (Å²) < 4.78 is 5.62. The van der Waals surface area contributed by atoms with Crippen molar-refractivity contribution in [2.45, 2.75) is 19.9 Å². The van der Waals surface area contributed by atoms with Gasteiger partial charge in [-0.25, -0.2) is 4.68 Å². The van der Waals surface area contributed by atoms with E-state index in [1.807, 2.05) is 0 Å². The maximum Gasteiger partial charge on any atom is 0.325 e. The molecule has 7 heteroatoms. The number of ether oxygens (including phenoxy) is 1. The molecule has 0 aliphatic carbocycles. The van der Waals surface area contributed by atoms with E-state index in [0.717, 1.165) is 4.68 Å². The first-order valence-corrected chi connectivity index (χ1v) is 5.79. The predicted octanol–water partition coefficient (Wildman–Crippen LogP) is -0.196. The van der Waals surface area contributed by atoms with E-state index in [2.05, 4.69) is 9.84 Å². The average Bonchev–Trinajstić information content (AvgIpc) is 2.37. The summed E-state index contributed by atoms with van der Waals surface area (Å²) in [6, 6.07) is 2.42. The largest absolute Gasteiger partial charge is 0.468 e. The second-order valence-corrected chi connectivity index (χ2v) is 4.28. The van der Waals surface area contributed by atoms with Crippen LogP contribution in [0.3, 0.4) is 0 Å². The monoisotopic (exact) mass is 267 g/mol. The van der Waals surface area contributed by atoms with Gasteiger partial charge in [0.15, 0.2) is 0 Å². The molecule has 7 nitrogen and oxygen atoms in total. The molecule has 0 radical (unpaired) electrons. The molecule has 1 rings (SSSR count). The van der Waals surface area contributed by atoms with E-state index in [1.165, 1.54) is 31.2 Å². The van der Waals surface area contributed by atoms with Crippen LogP contribution < -0.4 is 5.56 Å². The lowest BCUT2D eigenvalue weighted by Crippen LogP contribution is -2.42. The SMILES string of the molecule is COC(=O)CN(C(=O)c1ccc(=O)n(C)n1)C(C)C. The average molecular weight is 267 g/mol. The highest BCUT2D eigenvalue weighted by atomic mass is 16.5. The summed E-state index contributed by atoms with van der Waals surface area (Å²) in [6.07, 6.45) is 0. The van der Waals surface area contributed by atoms with Gasteiger partial charge in [0.1, 0.15) is 12.2 Å². The number of carbonyl (C=O) groups is 2. The molecule has 0 unspecified atom stereocenters. The van der Waals surface area contributed by atoms with Crippen LogP contribution in [0.2, 0.25) is 0 Å². The number of methoxy groups -OCH3 is 1. The van der Waals surface area contributed by atoms with Gasteiger partial charge in [0.05, 0.1) is 7.11 Å². The quantitative estimate of drug-likeness (QED) is 0.706. The molecule has 0 atom stereocenters. The number of aromatic nitrogens is 2. The first-order chi connectivity index (χ1) is 8.86. The van der Waals surface area contributed by atoms with Gasteiger partial charge < -0.3 is 9.64 Å². The Morgan fingerprint density at radius 1 is 1.42 bits per heavy atom. The third-order valence-corrected chi connectivity index (χ3v) is 2.59. The molecule has 0 bridgehead atoms. The van der Waals surface area contributed by atoms with Crippen LogP contribution in [0.5, 0.6) is 0 Å². The van der Waals surface area contributed by atoms with Gasteiger partial charge >= 0.3 is 5.97 Å². The summed E-state index contributed by atoms with van der Waals surface area (Å²) >= 11 is 0. The van der Waals surface area contributed by atoms with Crippen molar-refractivity contribution < 1.29 is 14.3 Å². The molecule has 1 amide bonds. The molecule has 0 saturated carbocycles. The number of rotatable bonds is 4. The molecule has 0 N–H and O–H groups in total. The molecular weight excluding hydrogens is 250 g/mol. The van der Waals surface area contributed by atoms with Crippen LogP contribution in [0, 0.1) is 0 Å². The fourth-order valence-corrected chi connectivity index (χ4v) is 1.46. The minimum Gasteiger partial charge on any atom is -0.468 e. The Labute approximate surface area is 110 Å². The first kappa shape index (κ1) is 14.9. The molecular formula is C12H17N3O4. The Morgan fingerprint density at radius 3 is 2.53 bits per heavy atom. The number of hydrogen-bond donors (Lipinski definition) is 0. The van der Waals surface area contributed by atoms with Crippen LogP contribution in [0.15, 0.2) is 16.9 Å². The lowest BCUT2D eigenvalue weighted by atomic mass is 10.2. The molecule has 1 aromatic heterocycles. The number of esters is 1. The number of carbonyl (C=O) groups excluding carboxylic acids is 2. The van der Waals surface area contributed by atoms with Crippen LogP contribution in [-0.4, -0.2) is 46.3 Å². The third kappa shape index (κ3) is 3.64. The van der Waals surface area contributed by atoms with E-state index < -0.39 is 11.9 Å². The van der Waals surface area contributed by atoms with Crippen molar-refractivity contribution in [3.05, 3.63) is 28.2 Å². The molecule has 0 spiro atoms. The van der Waals surface area contributed by atoms with Crippen molar-refractivity contribution in [3.63, 3.8) is 0 Å². The second kappa shape index (κ2) is 6.12. The Kier molecular flexibility index (Phi) is 4.80. The summed E-state index contributed by atoms with van der Waals surface area (Å²) in [5.74, 6) is -0.928. The van der Waals surface area contributed by atoms with Crippen LogP contribution in [0.1, 0.15) is 24.3 Å². The van der Waals surface area contributed by atoms with Crippen LogP contribution >= 0.6 is 0 Å². The number of aryl methyl sites for hydroxylation is 1. The first-order valence-electron chi connectivity index (χ1n) is 5.79. The highest BCUT2D eigenvalue weighted by molar-refractivity contribution is 5.94. The molecule has 1 aromatic rings. The van der Waals surface area contributed by atoms with E-state index in [-0.39, 0.29) is 23.8 Å². The lowest BCUT2D eigenvalue weighted by Gasteiger charge is -2.25. The van der Waals surface area contributed by atoms with E-state index in [9.17, 15) is 14.4 Å². The van der Waals surface area contributed by atoms with Gasteiger partial charge in [-0.1, -0.05) is 0 Å². The Balaban J connectivity index is 3.02. The van der Waals surface area contributed by atoms with Gasteiger partial charge in [0.25, 0.3) is 11.5 Å². The minimum absolute atomic E-state index is 0.111. The predicted molar refractivity (Wildman–Crippen MR) is 67.7 cm³/mol. The van der Waals surface area contributed by atoms with Crippen molar-refractivity contribution in [1.29, 1.82) is 0 Å². The lowest BCUT2D eigenvalue weighted by molar-refractivity contribution is -0.141. The maximum absolute atomic E-state index is 12.2. The molecule has 0 fully saturated rings. The van der Waals surface area contributed by atoms with Crippen molar-refractivity contribution in [2.75, 3.05) is 13.7 Å². The fourth-order valence-electron chi connectivity index (χ4n) is 1.46. The fraction of sp³-hybridized carbons (Fsp3) is 0.500. The zero-order valence-electron chi connectivity index (χ0n) is 11.4. The van der Waals surface area contributed by atoms with Gasteiger partial charge in [-0.05, 0) is 19.9 Å². The zero-order valence-corrected chi connectivity index (χ0v) is 11.4. The summed E-state index contributed by atoms with van der Waals surface area (Å²) in [5.41, 5.74) is -0.194. The van der Waals surface area contributed by atoms with Crippen molar-refractivity contribution in [3.8, 4) is 0 Å². The van der Waals surface area contributed by atoms with E-state index in [4.69, 9.17) is 0 Å². The number of amides is 1. The molecule has 0 aromatic carbocycles. The molecule has 19 heavy (non-hydrogen) atoms. The molecule has 104 valence electrons. The number of nitrogens with zero attached hydrogens (tertiary/aromatic N) is 3. The van der Waals surface area contributed by atoms with Crippen molar-refractivity contribution in [2.24, 2.45) is 7.05 Å². The van der Waals surface area contributed by atoms with Crippen LogP contribution in [-0.2, 0) is 16.6 Å². The summed E-state index contributed by atoms with van der Waals surface area (Å²) in [7, 11) is 2.72. The highest BCUT2D eigenvalue weighted by Crippen LogP contribution is 2.05. The van der Waals surface area contributed by atoms with Gasteiger partial charge in [0.2, 0.25) is 0 Å². The van der Waals surface area contributed by atoms with E-state index in [1.54, 1.807) is 13.8 Å². The Hall–Kier alpha value is -2.18. The van der Waals surface area contributed by atoms with E-state index in [0.29, 0.717) is 0 Å². The normalized spacial score (nSPS) is 10.4. The van der Waals surface area contributed by atoms with Gasteiger partial charge in [-0.2, -0.15) is 5.10 Å². The summed E-state index contributed by atoms with van der Waals surface area (Å²) in [6.45, 7) is 3.41. The molecule has 0 saturated heterocycles. The Bertz CT molecular complexity index is 536.